The monoisotopic (exact) mass is 208 g/mol. The molecule has 0 unspecified atom stereocenters. The molecular formula is C11H16N2O2. The Balaban J connectivity index is 1.80. The van der Waals surface area contributed by atoms with E-state index >= 15 is 0 Å². The first kappa shape index (κ1) is 10.3. The second-order valence-corrected chi connectivity index (χ2v) is 4.91. The Morgan fingerprint density at radius 2 is 2.07 bits per heavy atom. The number of hydrogen-bond donors (Lipinski definition) is 1. The quantitative estimate of drug-likeness (QED) is 0.717. The molecule has 4 nitrogen and oxygen atoms in total. The molecule has 1 amide bonds. The van der Waals surface area contributed by atoms with Crippen molar-refractivity contribution >= 4 is 6.09 Å². The third-order valence-corrected chi connectivity index (χ3v) is 3.92. The molecule has 0 aromatic carbocycles. The van der Waals surface area contributed by atoms with E-state index in [-0.39, 0.29) is 0 Å². The lowest BCUT2D eigenvalue weighted by Crippen LogP contribution is -2.48. The second-order valence-electron chi connectivity index (χ2n) is 4.91. The van der Waals surface area contributed by atoms with Gasteiger partial charge in [0, 0.05) is 19.5 Å². The molecule has 1 saturated heterocycles. The lowest BCUT2D eigenvalue weighted by atomic mass is 9.57. The topological polar surface area (TPSA) is 64.3 Å². The predicted molar refractivity (Wildman–Crippen MR) is 54.2 cm³/mol. The summed E-state index contributed by atoms with van der Waals surface area (Å²) in [4.78, 5) is 12.2. The Labute approximate surface area is 89.5 Å². The minimum Gasteiger partial charge on any atom is -0.465 e. The highest BCUT2D eigenvalue weighted by Crippen LogP contribution is 2.53. The Hall–Kier alpha value is -1.24. The molecule has 1 N–H and O–H groups in total. The van der Waals surface area contributed by atoms with Crippen LogP contribution in [0, 0.1) is 22.7 Å². The molecule has 0 atom stereocenters. The maximum atomic E-state index is 10.7. The van der Waals surface area contributed by atoms with Gasteiger partial charge in [0.2, 0.25) is 0 Å². The number of hydrogen-bond acceptors (Lipinski definition) is 2. The standard InChI is InChI=1S/C11H16N2O2/c12-4-1-9-7-11(8-9)2-5-13(6-3-11)10(14)15/h9H,1-3,5-8H2,(H,14,15). The van der Waals surface area contributed by atoms with Gasteiger partial charge >= 0.3 is 6.09 Å². The summed E-state index contributed by atoms with van der Waals surface area (Å²) >= 11 is 0. The first-order chi connectivity index (χ1) is 7.15. The summed E-state index contributed by atoms with van der Waals surface area (Å²) in [6.07, 6.45) is 4.12. The van der Waals surface area contributed by atoms with E-state index < -0.39 is 6.09 Å². The molecule has 2 aliphatic rings. The van der Waals surface area contributed by atoms with E-state index in [4.69, 9.17) is 10.4 Å². The van der Waals surface area contributed by atoms with Gasteiger partial charge in [-0.1, -0.05) is 0 Å². The van der Waals surface area contributed by atoms with Crippen molar-refractivity contribution in [1.29, 1.82) is 5.26 Å². The highest BCUT2D eigenvalue weighted by Gasteiger charge is 2.45. The van der Waals surface area contributed by atoms with Crippen molar-refractivity contribution in [3.05, 3.63) is 0 Å². The van der Waals surface area contributed by atoms with Crippen LogP contribution in [-0.2, 0) is 0 Å². The van der Waals surface area contributed by atoms with Crippen molar-refractivity contribution in [3.63, 3.8) is 0 Å². The molecule has 1 saturated carbocycles. The number of rotatable bonds is 1. The number of carboxylic acid groups (broad SMARTS) is 1. The highest BCUT2D eigenvalue weighted by atomic mass is 16.4. The molecule has 0 aromatic heterocycles. The third-order valence-electron chi connectivity index (χ3n) is 3.92. The van der Waals surface area contributed by atoms with Gasteiger partial charge in [0.25, 0.3) is 0 Å². The zero-order chi connectivity index (χ0) is 10.9. The normalized spacial score (nSPS) is 24.6. The van der Waals surface area contributed by atoms with Gasteiger partial charge in [-0.15, -0.1) is 0 Å². The fourth-order valence-electron chi connectivity index (χ4n) is 3.02. The number of nitrogens with zero attached hydrogens (tertiary/aromatic N) is 2. The number of piperidine rings is 1. The van der Waals surface area contributed by atoms with Gasteiger partial charge in [0.05, 0.1) is 6.07 Å². The average molecular weight is 208 g/mol. The second kappa shape index (κ2) is 3.73. The minimum atomic E-state index is -0.794. The van der Waals surface area contributed by atoms with E-state index in [1.807, 2.05) is 0 Å². The minimum absolute atomic E-state index is 0.382. The van der Waals surface area contributed by atoms with Gasteiger partial charge in [0.15, 0.2) is 0 Å². The molecule has 1 spiro atoms. The van der Waals surface area contributed by atoms with Crippen LogP contribution in [-0.4, -0.2) is 29.2 Å². The largest absolute Gasteiger partial charge is 0.465 e. The van der Waals surface area contributed by atoms with Gasteiger partial charge < -0.3 is 10.0 Å². The highest BCUT2D eigenvalue weighted by molar-refractivity contribution is 5.65. The van der Waals surface area contributed by atoms with Gasteiger partial charge in [0.1, 0.15) is 0 Å². The number of nitriles is 1. The molecule has 2 fully saturated rings. The van der Waals surface area contributed by atoms with Crippen LogP contribution in [0.15, 0.2) is 0 Å². The zero-order valence-electron chi connectivity index (χ0n) is 8.78. The van der Waals surface area contributed by atoms with Crippen LogP contribution in [0.3, 0.4) is 0 Å². The maximum absolute atomic E-state index is 10.7. The SMILES string of the molecule is N#CCC1CC2(CCN(C(=O)O)CC2)C1. The van der Waals surface area contributed by atoms with Crippen LogP contribution in [0.1, 0.15) is 32.1 Å². The predicted octanol–water partition coefficient (Wildman–Crippen LogP) is 2.07. The van der Waals surface area contributed by atoms with Crippen LogP contribution in [0.5, 0.6) is 0 Å². The molecule has 0 radical (unpaired) electrons. The summed E-state index contributed by atoms with van der Waals surface area (Å²) in [6, 6.07) is 2.21. The average Bonchev–Trinajstić information content (AvgIpc) is 2.16. The van der Waals surface area contributed by atoms with Gasteiger partial charge in [-0.3, -0.25) is 0 Å². The van der Waals surface area contributed by atoms with E-state index in [1.54, 1.807) is 0 Å². The lowest BCUT2D eigenvalue weighted by molar-refractivity contribution is -0.00683. The van der Waals surface area contributed by atoms with E-state index in [1.165, 1.54) is 4.90 Å². The fraction of sp³-hybridized carbons (Fsp3) is 0.818. The summed E-state index contributed by atoms with van der Waals surface area (Å²) in [5.41, 5.74) is 0.382. The van der Waals surface area contributed by atoms with Crippen molar-refractivity contribution < 1.29 is 9.90 Å². The van der Waals surface area contributed by atoms with Crippen molar-refractivity contribution in [1.82, 2.24) is 4.90 Å². The Morgan fingerprint density at radius 1 is 1.47 bits per heavy atom. The number of carbonyl (C=O) groups is 1. The van der Waals surface area contributed by atoms with E-state index in [2.05, 4.69) is 6.07 Å². The summed E-state index contributed by atoms with van der Waals surface area (Å²) in [5, 5.41) is 17.4. The summed E-state index contributed by atoms with van der Waals surface area (Å²) in [6.45, 7) is 1.35. The first-order valence-electron chi connectivity index (χ1n) is 5.50. The molecular weight excluding hydrogens is 192 g/mol. The molecule has 0 bridgehead atoms. The molecule has 1 heterocycles. The van der Waals surface area contributed by atoms with Crippen LogP contribution in [0.4, 0.5) is 4.79 Å². The Bertz CT molecular complexity index is 292. The maximum Gasteiger partial charge on any atom is 0.407 e. The van der Waals surface area contributed by atoms with Crippen molar-refractivity contribution in [2.45, 2.75) is 32.1 Å². The van der Waals surface area contributed by atoms with E-state index in [0.717, 1.165) is 25.7 Å². The van der Waals surface area contributed by atoms with Crippen molar-refractivity contribution in [2.24, 2.45) is 11.3 Å². The van der Waals surface area contributed by atoms with E-state index in [0.29, 0.717) is 30.8 Å². The van der Waals surface area contributed by atoms with Crippen LogP contribution in [0.2, 0.25) is 0 Å². The van der Waals surface area contributed by atoms with Gasteiger partial charge in [-0.05, 0) is 37.0 Å². The smallest absolute Gasteiger partial charge is 0.407 e. The molecule has 15 heavy (non-hydrogen) atoms. The zero-order valence-corrected chi connectivity index (χ0v) is 8.78. The number of likely N-dealkylation sites (tertiary alicyclic amines) is 1. The lowest BCUT2D eigenvalue weighted by Gasteiger charge is -2.51. The summed E-state index contributed by atoms with van der Waals surface area (Å²) in [5.74, 6) is 0.575. The van der Waals surface area contributed by atoms with Crippen molar-refractivity contribution in [2.75, 3.05) is 13.1 Å². The van der Waals surface area contributed by atoms with E-state index in [9.17, 15) is 4.79 Å². The van der Waals surface area contributed by atoms with Gasteiger partial charge in [-0.25, -0.2) is 4.79 Å². The molecule has 1 aliphatic carbocycles. The fourth-order valence-corrected chi connectivity index (χ4v) is 3.02. The molecule has 2 rings (SSSR count). The summed E-state index contributed by atoms with van der Waals surface area (Å²) in [7, 11) is 0. The molecule has 0 aromatic rings. The van der Waals surface area contributed by atoms with Gasteiger partial charge in [-0.2, -0.15) is 5.26 Å². The molecule has 1 aliphatic heterocycles. The van der Waals surface area contributed by atoms with Crippen LogP contribution in [0.25, 0.3) is 0 Å². The Morgan fingerprint density at radius 3 is 2.53 bits per heavy atom. The summed E-state index contributed by atoms with van der Waals surface area (Å²) < 4.78 is 0. The number of amides is 1. The van der Waals surface area contributed by atoms with Crippen LogP contribution < -0.4 is 0 Å². The molecule has 82 valence electrons. The first-order valence-corrected chi connectivity index (χ1v) is 5.50. The third kappa shape index (κ3) is 1.92. The van der Waals surface area contributed by atoms with Crippen LogP contribution >= 0.6 is 0 Å². The molecule has 4 heteroatoms. The van der Waals surface area contributed by atoms with Crippen molar-refractivity contribution in [3.8, 4) is 6.07 Å². The Kier molecular flexibility index (Phi) is 2.56.